The van der Waals surface area contributed by atoms with Crippen molar-refractivity contribution in [2.45, 2.75) is 25.9 Å². The van der Waals surface area contributed by atoms with E-state index in [4.69, 9.17) is 0 Å². The molecule has 0 aromatic heterocycles. The molecule has 1 aliphatic heterocycles. The zero-order valence-corrected chi connectivity index (χ0v) is 12.0. The summed E-state index contributed by atoms with van der Waals surface area (Å²) in [5.41, 5.74) is 0.782. The summed E-state index contributed by atoms with van der Waals surface area (Å²) in [5.74, 6) is 0.136. The molecule has 2 unspecified atom stereocenters. The molecule has 0 spiro atoms. The summed E-state index contributed by atoms with van der Waals surface area (Å²) < 4.78 is 0. The van der Waals surface area contributed by atoms with Crippen molar-refractivity contribution in [3.05, 3.63) is 48.0 Å². The number of nitrogens with zero attached hydrogens (tertiary/aromatic N) is 1. The van der Waals surface area contributed by atoms with E-state index in [1.165, 1.54) is 5.39 Å². The first-order valence-corrected chi connectivity index (χ1v) is 7.19. The van der Waals surface area contributed by atoms with Crippen LogP contribution in [-0.2, 0) is 0 Å². The third-order valence-corrected chi connectivity index (χ3v) is 4.06. The van der Waals surface area contributed by atoms with Crippen LogP contribution in [0.15, 0.2) is 42.5 Å². The van der Waals surface area contributed by atoms with Crippen molar-refractivity contribution in [2.75, 3.05) is 13.1 Å². The smallest absolute Gasteiger partial charge is 0.254 e. The molecule has 2 atom stereocenters. The molecule has 3 rings (SSSR count). The van der Waals surface area contributed by atoms with Crippen LogP contribution in [0.2, 0.25) is 0 Å². The van der Waals surface area contributed by atoms with Gasteiger partial charge in [0, 0.05) is 30.7 Å². The van der Waals surface area contributed by atoms with Crippen molar-refractivity contribution in [2.24, 2.45) is 0 Å². The van der Waals surface area contributed by atoms with E-state index >= 15 is 0 Å². The molecule has 1 saturated heterocycles. The lowest BCUT2D eigenvalue weighted by atomic mass is 10.0. The molecule has 104 valence electrons. The van der Waals surface area contributed by atoms with Crippen molar-refractivity contribution in [3.8, 4) is 0 Å². The molecule has 0 bridgehead atoms. The van der Waals surface area contributed by atoms with Crippen LogP contribution in [-0.4, -0.2) is 36.0 Å². The maximum Gasteiger partial charge on any atom is 0.254 e. The Morgan fingerprint density at radius 1 is 1.05 bits per heavy atom. The highest BCUT2D eigenvalue weighted by molar-refractivity contribution is 5.99. The SMILES string of the molecule is CC1CNCC(C)N1C(=O)c1ccc2ccccc2c1. The minimum atomic E-state index is 0.136. The van der Waals surface area contributed by atoms with E-state index in [2.05, 4.69) is 31.3 Å². The van der Waals surface area contributed by atoms with Gasteiger partial charge in [-0.15, -0.1) is 0 Å². The molecule has 0 radical (unpaired) electrons. The summed E-state index contributed by atoms with van der Waals surface area (Å²) in [6.07, 6.45) is 0. The summed E-state index contributed by atoms with van der Waals surface area (Å²) in [6.45, 7) is 5.93. The Balaban J connectivity index is 1.95. The fourth-order valence-electron chi connectivity index (χ4n) is 3.00. The monoisotopic (exact) mass is 268 g/mol. The number of amides is 1. The molecule has 0 saturated carbocycles. The molecular weight excluding hydrogens is 248 g/mol. The van der Waals surface area contributed by atoms with Crippen LogP contribution in [0.3, 0.4) is 0 Å². The van der Waals surface area contributed by atoms with Crippen LogP contribution in [0.1, 0.15) is 24.2 Å². The number of nitrogens with one attached hydrogen (secondary N) is 1. The molecule has 3 nitrogen and oxygen atoms in total. The van der Waals surface area contributed by atoms with Crippen molar-refractivity contribution in [1.82, 2.24) is 10.2 Å². The molecule has 1 aliphatic rings. The summed E-state index contributed by atoms with van der Waals surface area (Å²) >= 11 is 0. The number of hydrogen-bond acceptors (Lipinski definition) is 2. The summed E-state index contributed by atoms with van der Waals surface area (Å²) in [5, 5.41) is 5.65. The maximum atomic E-state index is 12.8. The Labute approximate surface area is 119 Å². The molecular formula is C17H20N2O. The Morgan fingerprint density at radius 2 is 1.70 bits per heavy atom. The Bertz CT molecular complexity index is 628. The van der Waals surface area contributed by atoms with Crippen LogP contribution in [0, 0.1) is 0 Å². The minimum absolute atomic E-state index is 0.136. The Morgan fingerprint density at radius 3 is 2.40 bits per heavy atom. The zero-order valence-electron chi connectivity index (χ0n) is 12.0. The second kappa shape index (κ2) is 5.25. The Hall–Kier alpha value is -1.87. The molecule has 20 heavy (non-hydrogen) atoms. The second-order valence-corrected chi connectivity index (χ2v) is 5.63. The summed E-state index contributed by atoms with van der Waals surface area (Å²) in [7, 11) is 0. The van der Waals surface area contributed by atoms with Gasteiger partial charge in [-0.25, -0.2) is 0 Å². The lowest BCUT2D eigenvalue weighted by molar-refractivity contribution is 0.0544. The molecule has 1 fully saturated rings. The largest absolute Gasteiger partial charge is 0.331 e. The number of piperazine rings is 1. The third-order valence-electron chi connectivity index (χ3n) is 4.06. The van der Waals surface area contributed by atoms with Gasteiger partial charge in [0.25, 0.3) is 5.91 Å². The average molecular weight is 268 g/mol. The van der Waals surface area contributed by atoms with Crippen LogP contribution in [0.25, 0.3) is 10.8 Å². The molecule has 1 heterocycles. The lowest BCUT2D eigenvalue weighted by Gasteiger charge is -2.39. The molecule has 1 amide bonds. The summed E-state index contributed by atoms with van der Waals surface area (Å²) in [4.78, 5) is 14.8. The van der Waals surface area contributed by atoms with Gasteiger partial charge in [-0.2, -0.15) is 0 Å². The number of carbonyl (C=O) groups is 1. The fraction of sp³-hybridized carbons (Fsp3) is 0.353. The average Bonchev–Trinajstić information content (AvgIpc) is 2.46. The van der Waals surface area contributed by atoms with E-state index in [-0.39, 0.29) is 18.0 Å². The van der Waals surface area contributed by atoms with E-state index < -0.39 is 0 Å². The lowest BCUT2D eigenvalue weighted by Crippen LogP contribution is -2.57. The van der Waals surface area contributed by atoms with Gasteiger partial charge in [0.1, 0.15) is 0 Å². The number of rotatable bonds is 1. The first-order chi connectivity index (χ1) is 9.66. The van der Waals surface area contributed by atoms with Gasteiger partial charge < -0.3 is 10.2 Å². The van der Waals surface area contributed by atoms with Gasteiger partial charge in [0.05, 0.1) is 0 Å². The first kappa shape index (κ1) is 13.1. The minimum Gasteiger partial charge on any atom is -0.331 e. The van der Waals surface area contributed by atoms with Gasteiger partial charge in [-0.05, 0) is 36.8 Å². The van der Waals surface area contributed by atoms with E-state index in [1.807, 2.05) is 35.2 Å². The normalized spacial score (nSPS) is 23.0. The van der Waals surface area contributed by atoms with Gasteiger partial charge in [0.15, 0.2) is 0 Å². The van der Waals surface area contributed by atoms with E-state index in [9.17, 15) is 4.79 Å². The van der Waals surface area contributed by atoms with Crippen LogP contribution >= 0.6 is 0 Å². The maximum absolute atomic E-state index is 12.8. The highest BCUT2D eigenvalue weighted by Crippen LogP contribution is 2.19. The fourth-order valence-corrected chi connectivity index (χ4v) is 3.00. The quantitative estimate of drug-likeness (QED) is 0.862. The van der Waals surface area contributed by atoms with Crippen LogP contribution in [0.4, 0.5) is 0 Å². The highest BCUT2D eigenvalue weighted by Gasteiger charge is 2.29. The molecule has 2 aromatic rings. The van der Waals surface area contributed by atoms with Gasteiger partial charge >= 0.3 is 0 Å². The van der Waals surface area contributed by atoms with Crippen LogP contribution in [0.5, 0.6) is 0 Å². The van der Waals surface area contributed by atoms with Crippen molar-refractivity contribution >= 4 is 16.7 Å². The van der Waals surface area contributed by atoms with Crippen molar-refractivity contribution < 1.29 is 4.79 Å². The number of carbonyl (C=O) groups excluding carboxylic acids is 1. The number of fused-ring (bicyclic) bond motifs is 1. The van der Waals surface area contributed by atoms with Gasteiger partial charge in [-0.1, -0.05) is 30.3 Å². The topological polar surface area (TPSA) is 32.3 Å². The van der Waals surface area contributed by atoms with E-state index in [0.717, 1.165) is 24.0 Å². The van der Waals surface area contributed by atoms with E-state index in [0.29, 0.717) is 0 Å². The van der Waals surface area contributed by atoms with Gasteiger partial charge in [0.2, 0.25) is 0 Å². The van der Waals surface area contributed by atoms with Crippen molar-refractivity contribution in [3.63, 3.8) is 0 Å². The predicted octanol–water partition coefficient (Wildman–Crippen LogP) is 2.66. The highest BCUT2D eigenvalue weighted by atomic mass is 16.2. The molecule has 2 aromatic carbocycles. The standard InChI is InChI=1S/C17H20N2O/c1-12-10-18-11-13(2)19(12)17(20)16-8-7-14-5-3-4-6-15(14)9-16/h3-9,12-13,18H,10-11H2,1-2H3. The molecule has 3 heteroatoms. The van der Waals surface area contributed by atoms with E-state index in [1.54, 1.807) is 0 Å². The summed E-state index contributed by atoms with van der Waals surface area (Å²) in [6, 6.07) is 14.6. The van der Waals surface area contributed by atoms with Crippen LogP contribution < -0.4 is 5.32 Å². The number of benzene rings is 2. The second-order valence-electron chi connectivity index (χ2n) is 5.63. The first-order valence-electron chi connectivity index (χ1n) is 7.19. The zero-order chi connectivity index (χ0) is 14.1. The Kier molecular flexibility index (Phi) is 3.45. The number of hydrogen-bond donors (Lipinski definition) is 1. The predicted molar refractivity (Wildman–Crippen MR) is 81.9 cm³/mol. The molecule has 1 N–H and O–H groups in total. The van der Waals surface area contributed by atoms with Crippen molar-refractivity contribution in [1.29, 1.82) is 0 Å². The third kappa shape index (κ3) is 2.29. The van der Waals surface area contributed by atoms with Gasteiger partial charge in [-0.3, -0.25) is 4.79 Å². The molecule has 0 aliphatic carbocycles.